The number of nitrogens with two attached hydrogens (primary N) is 1. The van der Waals surface area contributed by atoms with E-state index in [-0.39, 0.29) is 10.9 Å². The average molecular weight is 430 g/mol. The minimum Gasteiger partial charge on any atom is -0.388 e. The van der Waals surface area contributed by atoms with Crippen LogP contribution in [0.2, 0.25) is 0 Å². The number of halogens is 1. The highest BCUT2D eigenvalue weighted by Gasteiger charge is 2.23. The smallest absolute Gasteiger partial charge is 0.238 e. The maximum Gasteiger partial charge on any atom is 0.238 e. The van der Waals surface area contributed by atoms with Crippen LogP contribution >= 0.6 is 15.9 Å². The summed E-state index contributed by atoms with van der Waals surface area (Å²) in [5.41, 5.74) is -0.321. The predicted octanol–water partition coefficient (Wildman–Crippen LogP) is 2.20. The molecule has 0 bridgehead atoms. The van der Waals surface area contributed by atoms with Gasteiger partial charge in [0.2, 0.25) is 16.0 Å². The third-order valence-electron chi connectivity index (χ3n) is 3.60. The molecule has 25 heavy (non-hydrogen) atoms. The Labute approximate surface area is 155 Å². The molecule has 1 aromatic heterocycles. The molecule has 136 valence electrons. The first-order valence-electron chi connectivity index (χ1n) is 7.38. The summed E-state index contributed by atoms with van der Waals surface area (Å²) in [6.45, 7) is 5.24. The van der Waals surface area contributed by atoms with Crippen LogP contribution in [-0.2, 0) is 10.0 Å². The molecule has 0 aliphatic rings. The van der Waals surface area contributed by atoms with E-state index in [9.17, 15) is 13.5 Å². The summed E-state index contributed by atoms with van der Waals surface area (Å²) < 4.78 is 23.2. The van der Waals surface area contributed by atoms with Crippen molar-refractivity contribution in [3.63, 3.8) is 0 Å². The molecule has 0 spiro atoms. The quantitative estimate of drug-likeness (QED) is 0.553. The molecule has 1 aromatic carbocycles. The fourth-order valence-electron chi connectivity index (χ4n) is 1.77. The van der Waals surface area contributed by atoms with Gasteiger partial charge in [-0.25, -0.2) is 18.5 Å². The topological polar surface area (TPSA) is 130 Å². The fraction of sp³-hybridized carbons (Fsp3) is 0.333. The molecule has 5 N–H and O–H groups in total. The van der Waals surface area contributed by atoms with Crippen molar-refractivity contribution in [3.8, 4) is 0 Å². The number of primary sulfonamides is 1. The number of nitrogens with one attached hydrogen (secondary N) is 2. The van der Waals surface area contributed by atoms with Crippen LogP contribution in [0.4, 0.5) is 17.5 Å². The van der Waals surface area contributed by atoms with Crippen molar-refractivity contribution in [3.05, 3.63) is 34.9 Å². The first-order valence-corrected chi connectivity index (χ1v) is 9.72. The summed E-state index contributed by atoms with van der Waals surface area (Å²) in [6, 6.07) is 5.67. The van der Waals surface area contributed by atoms with Crippen LogP contribution in [0, 0.1) is 0 Å². The Morgan fingerprint density at radius 2 is 1.88 bits per heavy atom. The van der Waals surface area contributed by atoms with Gasteiger partial charge in [-0.2, -0.15) is 4.98 Å². The molecule has 1 atom stereocenters. The zero-order valence-electron chi connectivity index (χ0n) is 14.0. The molecule has 0 amide bonds. The van der Waals surface area contributed by atoms with E-state index in [1.165, 1.54) is 12.1 Å². The Kier molecular flexibility index (Phi) is 5.67. The van der Waals surface area contributed by atoms with E-state index >= 15 is 0 Å². The van der Waals surface area contributed by atoms with Gasteiger partial charge in [-0.1, -0.05) is 0 Å². The zero-order valence-corrected chi connectivity index (χ0v) is 16.4. The highest BCUT2D eigenvalue weighted by atomic mass is 79.9. The number of aliphatic hydroxyl groups is 1. The van der Waals surface area contributed by atoms with Gasteiger partial charge < -0.3 is 15.7 Å². The van der Waals surface area contributed by atoms with Crippen molar-refractivity contribution in [2.45, 2.75) is 37.3 Å². The van der Waals surface area contributed by atoms with E-state index in [0.29, 0.717) is 21.9 Å². The first kappa shape index (κ1) is 19.6. The summed E-state index contributed by atoms with van der Waals surface area (Å²) in [6.07, 6.45) is 1.58. The summed E-state index contributed by atoms with van der Waals surface area (Å²) in [5.74, 6) is 0.838. The monoisotopic (exact) mass is 429 g/mol. The normalized spacial score (nSPS) is 13.4. The van der Waals surface area contributed by atoms with Crippen molar-refractivity contribution in [1.29, 1.82) is 0 Å². The van der Waals surface area contributed by atoms with Gasteiger partial charge in [0, 0.05) is 11.9 Å². The molecule has 0 saturated heterocycles. The second kappa shape index (κ2) is 7.24. The standard InChI is InChI=1S/C15H20BrN5O3S/c1-9(15(2,3)22)19-13-12(16)8-18-14(21-13)20-10-4-6-11(7-5-10)25(17,23)24/h4-9,22H,1-3H3,(H2,17,23,24)(H2,18,19,20,21). The molecule has 10 heteroatoms. The highest BCUT2D eigenvalue weighted by Crippen LogP contribution is 2.24. The molecule has 0 aliphatic heterocycles. The summed E-state index contributed by atoms with van der Waals surface area (Å²) in [4.78, 5) is 8.54. The molecule has 0 aliphatic carbocycles. The Morgan fingerprint density at radius 1 is 1.28 bits per heavy atom. The van der Waals surface area contributed by atoms with Crippen molar-refractivity contribution < 1.29 is 13.5 Å². The van der Waals surface area contributed by atoms with Gasteiger partial charge in [0.1, 0.15) is 5.82 Å². The SMILES string of the molecule is CC(Nc1nc(Nc2ccc(S(N)(=O)=O)cc2)ncc1Br)C(C)(C)O. The predicted molar refractivity (Wildman–Crippen MR) is 100 cm³/mol. The number of benzene rings is 1. The van der Waals surface area contributed by atoms with Crippen LogP contribution in [0.1, 0.15) is 20.8 Å². The largest absolute Gasteiger partial charge is 0.388 e. The van der Waals surface area contributed by atoms with Crippen LogP contribution in [-0.4, -0.2) is 35.1 Å². The number of hydrogen-bond donors (Lipinski definition) is 4. The Balaban J connectivity index is 2.19. The van der Waals surface area contributed by atoms with Crippen LogP contribution in [0.3, 0.4) is 0 Å². The number of rotatable bonds is 6. The Morgan fingerprint density at radius 3 is 2.40 bits per heavy atom. The van der Waals surface area contributed by atoms with E-state index in [1.54, 1.807) is 32.2 Å². The van der Waals surface area contributed by atoms with Gasteiger partial charge in [0.25, 0.3) is 0 Å². The zero-order chi connectivity index (χ0) is 18.8. The van der Waals surface area contributed by atoms with Crippen LogP contribution in [0.25, 0.3) is 0 Å². The molecule has 1 heterocycles. The van der Waals surface area contributed by atoms with E-state index in [1.807, 2.05) is 6.92 Å². The number of nitrogens with zero attached hydrogens (tertiary/aromatic N) is 2. The third-order valence-corrected chi connectivity index (χ3v) is 5.11. The van der Waals surface area contributed by atoms with Crippen LogP contribution in [0.5, 0.6) is 0 Å². The van der Waals surface area contributed by atoms with E-state index in [2.05, 4.69) is 36.5 Å². The molecular weight excluding hydrogens is 410 g/mol. The van der Waals surface area contributed by atoms with E-state index < -0.39 is 15.6 Å². The number of aromatic nitrogens is 2. The molecule has 2 rings (SSSR count). The van der Waals surface area contributed by atoms with Gasteiger partial charge in [-0.3, -0.25) is 0 Å². The van der Waals surface area contributed by atoms with E-state index in [0.717, 1.165) is 0 Å². The molecule has 8 nitrogen and oxygen atoms in total. The van der Waals surface area contributed by atoms with Gasteiger partial charge in [0.05, 0.1) is 21.0 Å². The minimum atomic E-state index is -3.73. The second-order valence-corrected chi connectivity index (χ2v) is 8.52. The Bertz CT molecular complexity index is 850. The lowest BCUT2D eigenvalue weighted by atomic mass is 10.0. The molecular formula is C15H20BrN5O3S. The van der Waals surface area contributed by atoms with Crippen LogP contribution in [0.15, 0.2) is 39.8 Å². The van der Waals surface area contributed by atoms with Crippen molar-refractivity contribution in [1.82, 2.24) is 9.97 Å². The maximum absolute atomic E-state index is 11.3. The number of sulfonamides is 1. The molecule has 0 fully saturated rings. The molecule has 0 saturated carbocycles. The third kappa shape index (κ3) is 5.36. The van der Waals surface area contributed by atoms with E-state index in [4.69, 9.17) is 5.14 Å². The molecule has 2 aromatic rings. The van der Waals surface area contributed by atoms with Crippen molar-refractivity contribution in [2.75, 3.05) is 10.6 Å². The van der Waals surface area contributed by atoms with Crippen LogP contribution < -0.4 is 15.8 Å². The average Bonchev–Trinajstić information content (AvgIpc) is 2.49. The summed E-state index contributed by atoms with van der Waals surface area (Å²) in [5, 5.41) is 21.2. The molecule has 0 radical (unpaired) electrons. The maximum atomic E-state index is 11.3. The first-order chi connectivity index (χ1) is 11.5. The number of hydrogen-bond acceptors (Lipinski definition) is 7. The highest BCUT2D eigenvalue weighted by molar-refractivity contribution is 9.10. The lowest BCUT2D eigenvalue weighted by Crippen LogP contribution is -2.39. The van der Waals surface area contributed by atoms with Crippen molar-refractivity contribution >= 4 is 43.4 Å². The van der Waals surface area contributed by atoms with Gasteiger partial charge in [-0.15, -0.1) is 0 Å². The number of anilines is 3. The van der Waals surface area contributed by atoms with Gasteiger partial charge >= 0.3 is 0 Å². The van der Waals surface area contributed by atoms with Crippen molar-refractivity contribution in [2.24, 2.45) is 5.14 Å². The van der Waals surface area contributed by atoms with Gasteiger partial charge in [0.15, 0.2) is 0 Å². The second-order valence-electron chi connectivity index (χ2n) is 6.10. The van der Waals surface area contributed by atoms with Gasteiger partial charge in [-0.05, 0) is 61.0 Å². The lowest BCUT2D eigenvalue weighted by molar-refractivity contribution is 0.0647. The summed E-state index contributed by atoms with van der Waals surface area (Å²) in [7, 11) is -3.73. The lowest BCUT2D eigenvalue weighted by Gasteiger charge is -2.27. The fourth-order valence-corrected chi connectivity index (χ4v) is 2.59. The summed E-state index contributed by atoms with van der Waals surface area (Å²) >= 11 is 3.36. The molecule has 1 unspecified atom stereocenters. The Hall–Kier alpha value is -1.75. The minimum absolute atomic E-state index is 0.0242.